The molecule has 126 valence electrons. The van der Waals surface area contributed by atoms with E-state index in [0.29, 0.717) is 25.2 Å². The predicted molar refractivity (Wildman–Crippen MR) is 78.9 cm³/mol. The topological polar surface area (TPSA) is 89.9 Å². The highest BCUT2D eigenvalue weighted by Crippen LogP contribution is 2.10. The zero-order valence-electron chi connectivity index (χ0n) is 12.7. The molecule has 2 unspecified atom stereocenters. The molecule has 0 amide bonds. The van der Waals surface area contributed by atoms with Crippen LogP contribution in [0.3, 0.4) is 0 Å². The van der Waals surface area contributed by atoms with Gasteiger partial charge in [-0.1, -0.05) is 6.92 Å². The van der Waals surface area contributed by atoms with Crippen LogP contribution in [0.4, 0.5) is 0 Å². The lowest BCUT2D eigenvalue weighted by Gasteiger charge is -2.18. The second-order valence-corrected chi connectivity index (χ2v) is 6.47. The van der Waals surface area contributed by atoms with Crippen LogP contribution < -0.4 is 0 Å². The van der Waals surface area contributed by atoms with E-state index in [1.165, 1.54) is 0 Å². The molecule has 0 aromatic heterocycles. The van der Waals surface area contributed by atoms with Gasteiger partial charge in [0, 0.05) is 6.61 Å². The Kier molecular flexibility index (Phi) is 11.3. The number of hydrogen-bond acceptors (Lipinski definition) is 7. The quantitative estimate of drug-likeness (QED) is 0.171. The summed E-state index contributed by atoms with van der Waals surface area (Å²) in [6.07, 6.45) is -0.200. The Labute approximate surface area is 128 Å². The third-order valence-electron chi connectivity index (χ3n) is 2.91. The maximum Gasteiger partial charge on any atom is 0.179 e. The Morgan fingerprint density at radius 2 is 1.86 bits per heavy atom. The summed E-state index contributed by atoms with van der Waals surface area (Å²) in [5.41, 5.74) is 0. The van der Waals surface area contributed by atoms with E-state index < -0.39 is 16.1 Å². The molecule has 2 atom stereocenters. The molecule has 2 N–H and O–H groups in total. The van der Waals surface area contributed by atoms with Crippen LogP contribution in [0.25, 0.3) is 0 Å². The van der Waals surface area contributed by atoms with Crippen molar-refractivity contribution in [1.29, 1.82) is 0 Å². The van der Waals surface area contributed by atoms with Crippen molar-refractivity contribution < 1.29 is 33.6 Å². The van der Waals surface area contributed by atoms with Gasteiger partial charge in [-0.05, 0) is 12.0 Å². The van der Waals surface area contributed by atoms with E-state index >= 15 is 0 Å². The number of hydrogen-bond donors (Lipinski definition) is 2. The lowest BCUT2D eigenvalue weighted by atomic mass is 10.2. The van der Waals surface area contributed by atoms with E-state index in [-0.39, 0.29) is 26.4 Å². The molecule has 0 aliphatic carbocycles. The summed E-state index contributed by atoms with van der Waals surface area (Å²) in [7, 11) is -0.653. The smallest absolute Gasteiger partial charge is 0.179 e. The third-order valence-corrected chi connectivity index (χ3v) is 4.65. The third kappa shape index (κ3) is 11.2. The van der Waals surface area contributed by atoms with Gasteiger partial charge in [-0.15, -0.1) is 0 Å². The van der Waals surface area contributed by atoms with Crippen molar-refractivity contribution in [2.24, 2.45) is 5.92 Å². The number of rotatable bonds is 15. The summed E-state index contributed by atoms with van der Waals surface area (Å²) < 4.78 is 26.8. The average molecular weight is 324 g/mol. The van der Waals surface area contributed by atoms with Gasteiger partial charge in [0.05, 0.1) is 46.2 Å². The van der Waals surface area contributed by atoms with E-state index in [2.05, 4.69) is 6.92 Å². The van der Waals surface area contributed by atoms with Crippen LogP contribution >= 0.6 is 0 Å². The van der Waals surface area contributed by atoms with E-state index in [9.17, 15) is 0 Å². The van der Waals surface area contributed by atoms with E-state index in [0.717, 1.165) is 19.3 Å². The minimum atomic E-state index is -0.653. The van der Waals surface area contributed by atoms with Gasteiger partial charge in [0.25, 0.3) is 0 Å². The van der Waals surface area contributed by atoms with Gasteiger partial charge in [-0.25, -0.2) is 0 Å². The summed E-state index contributed by atoms with van der Waals surface area (Å²) in [5.74, 6) is 0.477. The number of aliphatic hydroxyl groups excluding tert-OH is 2. The highest BCUT2D eigenvalue weighted by molar-refractivity contribution is 6.27. The van der Waals surface area contributed by atoms with Gasteiger partial charge in [-0.3, -0.25) is 0 Å². The van der Waals surface area contributed by atoms with E-state index in [4.69, 9.17) is 33.6 Å². The van der Waals surface area contributed by atoms with Gasteiger partial charge < -0.3 is 33.6 Å². The highest BCUT2D eigenvalue weighted by atomic mass is 28.2. The normalized spacial score (nSPS) is 19.7. The molecule has 0 bridgehead atoms. The van der Waals surface area contributed by atoms with Gasteiger partial charge in [0.15, 0.2) is 16.1 Å². The maximum atomic E-state index is 8.73. The molecule has 0 aromatic rings. The Morgan fingerprint density at radius 1 is 1.19 bits per heavy atom. The standard InChI is InChI=1S/C13H28O7Si/c1-11(6-16-7-12-8-19-12)10-21-20-9-13(17-4-2-14)18-5-3-15/h11-15H,2-10,21H2,1H3. The number of ether oxygens (including phenoxy) is 4. The Balaban J connectivity index is 1.97. The fourth-order valence-corrected chi connectivity index (χ4v) is 2.72. The van der Waals surface area contributed by atoms with Crippen molar-refractivity contribution in [3.05, 3.63) is 0 Å². The van der Waals surface area contributed by atoms with Crippen LogP contribution in [0.1, 0.15) is 6.92 Å². The van der Waals surface area contributed by atoms with Gasteiger partial charge in [0.2, 0.25) is 0 Å². The minimum absolute atomic E-state index is 0.0600. The molecule has 1 heterocycles. The molecule has 1 aliphatic rings. The fraction of sp³-hybridized carbons (Fsp3) is 1.00. The summed E-state index contributed by atoms with van der Waals surface area (Å²) in [6.45, 7) is 5.03. The first-order chi connectivity index (χ1) is 10.3. The molecule has 1 rings (SSSR count). The van der Waals surface area contributed by atoms with E-state index in [1.54, 1.807) is 0 Å². The zero-order valence-corrected chi connectivity index (χ0v) is 14.2. The predicted octanol–water partition coefficient (Wildman–Crippen LogP) is -1.10. The first kappa shape index (κ1) is 19.0. The molecule has 1 aliphatic heterocycles. The zero-order chi connectivity index (χ0) is 15.3. The Hall–Kier alpha value is -0.0631. The summed E-state index contributed by atoms with van der Waals surface area (Å²) in [6, 6.07) is 1.03. The molecular weight excluding hydrogens is 296 g/mol. The first-order valence-electron chi connectivity index (χ1n) is 7.48. The molecule has 7 nitrogen and oxygen atoms in total. The van der Waals surface area contributed by atoms with E-state index in [1.807, 2.05) is 0 Å². The van der Waals surface area contributed by atoms with Crippen molar-refractivity contribution in [2.45, 2.75) is 25.4 Å². The second kappa shape index (κ2) is 12.5. The minimum Gasteiger partial charge on any atom is -0.419 e. The average Bonchev–Trinajstić information content (AvgIpc) is 3.29. The highest BCUT2D eigenvalue weighted by Gasteiger charge is 2.22. The van der Waals surface area contributed by atoms with Crippen molar-refractivity contribution in [3.8, 4) is 0 Å². The molecule has 0 aromatic carbocycles. The number of aliphatic hydroxyl groups is 2. The Bertz CT molecular complexity index is 233. The van der Waals surface area contributed by atoms with Crippen LogP contribution in [0, 0.1) is 5.92 Å². The molecule has 0 radical (unpaired) electrons. The summed E-state index contributed by atoms with van der Waals surface area (Å²) in [5, 5.41) is 17.5. The molecular formula is C13H28O7Si. The van der Waals surface area contributed by atoms with Gasteiger partial charge >= 0.3 is 0 Å². The Morgan fingerprint density at radius 3 is 2.43 bits per heavy atom. The van der Waals surface area contributed by atoms with Crippen molar-refractivity contribution in [1.82, 2.24) is 0 Å². The molecule has 1 saturated heterocycles. The lowest BCUT2D eigenvalue weighted by molar-refractivity contribution is -0.166. The molecule has 0 saturated carbocycles. The van der Waals surface area contributed by atoms with Crippen molar-refractivity contribution in [3.63, 3.8) is 0 Å². The summed E-state index contributed by atoms with van der Waals surface area (Å²) >= 11 is 0. The monoisotopic (exact) mass is 324 g/mol. The van der Waals surface area contributed by atoms with Crippen molar-refractivity contribution in [2.75, 3.05) is 52.9 Å². The molecule has 0 spiro atoms. The van der Waals surface area contributed by atoms with Crippen LogP contribution in [0.2, 0.25) is 6.04 Å². The van der Waals surface area contributed by atoms with Crippen LogP contribution in [0.15, 0.2) is 0 Å². The van der Waals surface area contributed by atoms with Gasteiger partial charge in [0.1, 0.15) is 6.10 Å². The lowest BCUT2D eigenvalue weighted by Crippen LogP contribution is -2.27. The first-order valence-corrected chi connectivity index (χ1v) is 9.06. The molecule has 8 heteroatoms. The fourth-order valence-electron chi connectivity index (χ4n) is 1.62. The molecule has 21 heavy (non-hydrogen) atoms. The van der Waals surface area contributed by atoms with Crippen molar-refractivity contribution >= 4 is 9.76 Å². The van der Waals surface area contributed by atoms with Crippen LogP contribution in [-0.4, -0.2) is 85.2 Å². The number of epoxide rings is 1. The summed E-state index contributed by atoms with van der Waals surface area (Å²) in [4.78, 5) is 0. The largest absolute Gasteiger partial charge is 0.419 e. The SMILES string of the molecule is CC(COCC1CO1)C[SiH2]OCC(OCCO)OCCO. The second-order valence-electron chi connectivity index (χ2n) is 5.08. The van der Waals surface area contributed by atoms with Crippen LogP contribution in [0.5, 0.6) is 0 Å². The van der Waals surface area contributed by atoms with Gasteiger partial charge in [-0.2, -0.15) is 0 Å². The van der Waals surface area contributed by atoms with Crippen LogP contribution in [-0.2, 0) is 23.4 Å². The maximum absolute atomic E-state index is 8.73. The molecule has 1 fully saturated rings.